The molecule has 0 aliphatic carbocycles. The molecule has 1 atom stereocenters. The van der Waals surface area contributed by atoms with Crippen molar-refractivity contribution >= 4 is 11.7 Å². The number of rotatable bonds is 4. The first-order chi connectivity index (χ1) is 9.52. The number of nitrogens with zero attached hydrogens (tertiary/aromatic N) is 1. The van der Waals surface area contributed by atoms with Crippen molar-refractivity contribution in [1.29, 1.82) is 0 Å². The van der Waals surface area contributed by atoms with Crippen LogP contribution < -0.4 is 4.74 Å². The van der Waals surface area contributed by atoms with Crippen LogP contribution in [0.4, 0.5) is 0 Å². The zero-order valence-electron chi connectivity index (χ0n) is 11.8. The number of carbonyl (C=O) groups is 2. The number of hydrogen-bond acceptors (Lipinski definition) is 4. The summed E-state index contributed by atoms with van der Waals surface area (Å²) in [5.41, 5.74) is 0.222. The standard InChI is InChI=1S/C15H19NO4/c1-10(17)8-11-4-3-7-16(11)15(19)13-9-12(20-2)5-6-14(13)18/h5-6,9,11,18H,3-4,7-8H2,1-2H3. The highest BCUT2D eigenvalue weighted by molar-refractivity contribution is 5.97. The highest BCUT2D eigenvalue weighted by Gasteiger charge is 2.31. The molecule has 1 aliphatic rings. The molecule has 1 unspecified atom stereocenters. The van der Waals surface area contributed by atoms with E-state index < -0.39 is 0 Å². The van der Waals surface area contributed by atoms with E-state index in [1.54, 1.807) is 11.0 Å². The quantitative estimate of drug-likeness (QED) is 0.914. The van der Waals surface area contributed by atoms with Crippen LogP contribution in [0.2, 0.25) is 0 Å². The van der Waals surface area contributed by atoms with E-state index in [0.717, 1.165) is 12.8 Å². The Labute approximate surface area is 118 Å². The normalized spacial score (nSPS) is 18.1. The van der Waals surface area contributed by atoms with E-state index in [4.69, 9.17) is 4.74 Å². The van der Waals surface area contributed by atoms with Gasteiger partial charge in [0, 0.05) is 19.0 Å². The van der Waals surface area contributed by atoms with E-state index in [2.05, 4.69) is 0 Å². The predicted octanol–water partition coefficient (Wildman–Crippen LogP) is 1.98. The molecule has 1 N–H and O–H groups in total. The Morgan fingerprint density at radius 2 is 2.20 bits per heavy atom. The molecule has 1 saturated heterocycles. The Balaban J connectivity index is 2.24. The fourth-order valence-electron chi connectivity index (χ4n) is 2.62. The van der Waals surface area contributed by atoms with Crippen LogP contribution in [0.1, 0.15) is 36.5 Å². The molecular weight excluding hydrogens is 258 g/mol. The largest absolute Gasteiger partial charge is 0.507 e. The predicted molar refractivity (Wildman–Crippen MR) is 74.0 cm³/mol. The molecule has 1 heterocycles. The summed E-state index contributed by atoms with van der Waals surface area (Å²) >= 11 is 0. The summed E-state index contributed by atoms with van der Waals surface area (Å²) in [5, 5.41) is 9.86. The number of phenolic OH excluding ortho intramolecular Hbond substituents is 1. The number of carbonyl (C=O) groups excluding carboxylic acids is 2. The second-order valence-electron chi connectivity index (χ2n) is 5.08. The lowest BCUT2D eigenvalue weighted by atomic mass is 10.1. The van der Waals surface area contributed by atoms with Gasteiger partial charge in [-0.25, -0.2) is 0 Å². The van der Waals surface area contributed by atoms with E-state index in [0.29, 0.717) is 18.7 Å². The molecule has 5 nitrogen and oxygen atoms in total. The zero-order valence-corrected chi connectivity index (χ0v) is 11.8. The maximum absolute atomic E-state index is 12.5. The Morgan fingerprint density at radius 1 is 1.45 bits per heavy atom. The number of methoxy groups -OCH3 is 1. The summed E-state index contributed by atoms with van der Waals surface area (Å²) in [6, 6.07) is 4.51. The van der Waals surface area contributed by atoms with Crippen LogP contribution in [0.25, 0.3) is 0 Å². The molecule has 1 fully saturated rings. The van der Waals surface area contributed by atoms with E-state index in [-0.39, 0.29) is 29.0 Å². The van der Waals surface area contributed by atoms with E-state index in [1.165, 1.54) is 26.2 Å². The van der Waals surface area contributed by atoms with Crippen LogP contribution in [0, 0.1) is 0 Å². The number of benzene rings is 1. The van der Waals surface area contributed by atoms with Gasteiger partial charge in [0.25, 0.3) is 5.91 Å². The van der Waals surface area contributed by atoms with E-state index >= 15 is 0 Å². The number of phenols is 1. The monoisotopic (exact) mass is 277 g/mol. The van der Waals surface area contributed by atoms with Crippen molar-refractivity contribution < 1.29 is 19.4 Å². The molecule has 2 rings (SSSR count). The number of hydrogen-bond donors (Lipinski definition) is 1. The lowest BCUT2D eigenvalue weighted by Gasteiger charge is -2.24. The Kier molecular flexibility index (Phi) is 4.27. The van der Waals surface area contributed by atoms with Crippen molar-refractivity contribution in [2.45, 2.75) is 32.2 Å². The summed E-state index contributed by atoms with van der Waals surface area (Å²) in [6.07, 6.45) is 2.08. The van der Waals surface area contributed by atoms with Crippen molar-refractivity contribution in [3.05, 3.63) is 23.8 Å². The van der Waals surface area contributed by atoms with Gasteiger partial charge in [-0.1, -0.05) is 0 Å². The molecule has 0 bridgehead atoms. The zero-order chi connectivity index (χ0) is 14.7. The molecule has 0 aromatic heterocycles. The Morgan fingerprint density at radius 3 is 2.85 bits per heavy atom. The average molecular weight is 277 g/mol. The van der Waals surface area contributed by atoms with Crippen LogP contribution in [-0.2, 0) is 4.79 Å². The summed E-state index contributed by atoms with van der Waals surface area (Å²) in [5.74, 6) is 0.285. The number of aromatic hydroxyl groups is 1. The molecule has 108 valence electrons. The maximum atomic E-state index is 12.5. The maximum Gasteiger partial charge on any atom is 0.258 e. The van der Waals surface area contributed by atoms with Crippen molar-refractivity contribution in [3.8, 4) is 11.5 Å². The van der Waals surface area contributed by atoms with Crippen LogP contribution >= 0.6 is 0 Å². The van der Waals surface area contributed by atoms with Crippen LogP contribution in [0.5, 0.6) is 11.5 Å². The Bertz CT molecular complexity index is 527. The van der Waals surface area contributed by atoms with Gasteiger partial charge in [0.1, 0.15) is 17.3 Å². The number of ether oxygens (including phenoxy) is 1. The summed E-state index contributed by atoms with van der Waals surface area (Å²) < 4.78 is 5.08. The third-order valence-corrected chi connectivity index (χ3v) is 3.60. The fourth-order valence-corrected chi connectivity index (χ4v) is 2.62. The molecule has 1 aromatic rings. The second kappa shape index (κ2) is 5.94. The van der Waals surface area contributed by atoms with E-state index in [1.807, 2.05) is 0 Å². The van der Waals surface area contributed by atoms with Gasteiger partial charge in [-0.15, -0.1) is 0 Å². The molecule has 0 radical (unpaired) electrons. The first kappa shape index (κ1) is 14.4. The fraction of sp³-hybridized carbons (Fsp3) is 0.467. The molecule has 1 aliphatic heterocycles. The summed E-state index contributed by atoms with van der Waals surface area (Å²) in [7, 11) is 1.51. The van der Waals surface area contributed by atoms with Crippen LogP contribution in [-0.4, -0.2) is 41.4 Å². The highest BCUT2D eigenvalue weighted by atomic mass is 16.5. The van der Waals surface area contributed by atoms with E-state index in [9.17, 15) is 14.7 Å². The van der Waals surface area contributed by atoms with Gasteiger partial charge in [0.05, 0.1) is 12.7 Å². The SMILES string of the molecule is COc1ccc(O)c(C(=O)N2CCCC2CC(C)=O)c1. The van der Waals surface area contributed by atoms with Crippen molar-refractivity contribution in [2.24, 2.45) is 0 Å². The van der Waals surface area contributed by atoms with Crippen molar-refractivity contribution in [3.63, 3.8) is 0 Å². The molecule has 0 spiro atoms. The summed E-state index contributed by atoms with van der Waals surface area (Å²) in [6.45, 7) is 2.15. The van der Waals surface area contributed by atoms with Gasteiger partial charge < -0.3 is 14.7 Å². The van der Waals surface area contributed by atoms with Crippen LogP contribution in [0.3, 0.4) is 0 Å². The second-order valence-corrected chi connectivity index (χ2v) is 5.08. The van der Waals surface area contributed by atoms with Gasteiger partial charge >= 0.3 is 0 Å². The first-order valence-corrected chi connectivity index (χ1v) is 6.70. The third-order valence-electron chi connectivity index (χ3n) is 3.60. The number of amides is 1. The van der Waals surface area contributed by atoms with Gasteiger partial charge in [0.2, 0.25) is 0 Å². The van der Waals surface area contributed by atoms with Gasteiger partial charge in [-0.3, -0.25) is 9.59 Å². The number of likely N-dealkylation sites (tertiary alicyclic amines) is 1. The van der Waals surface area contributed by atoms with Crippen molar-refractivity contribution in [1.82, 2.24) is 4.90 Å². The topological polar surface area (TPSA) is 66.8 Å². The smallest absolute Gasteiger partial charge is 0.258 e. The first-order valence-electron chi connectivity index (χ1n) is 6.70. The minimum atomic E-state index is -0.245. The molecule has 0 saturated carbocycles. The van der Waals surface area contributed by atoms with Gasteiger partial charge in [-0.2, -0.15) is 0 Å². The highest BCUT2D eigenvalue weighted by Crippen LogP contribution is 2.28. The number of ketones is 1. The molecular formula is C15H19NO4. The molecule has 20 heavy (non-hydrogen) atoms. The number of Topliss-reactive ketones (excluding diaryl/α,β-unsaturated/α-hetero) is 1. The van der Waals surface area contributed by atoms with Gasteiger partial charge in [0.15, 0.2) is 0 Å². The van der Waals surface area contributed by atoms with Crippen molar-refractivity contribution in [2.75, 3.05) is 13.7 Å². The lowest BCUT2D eigenvalue weighted by molar-refractivity contribution is -0.117. The molecule has 1 amide bonds. The molecule has 5 heteroatoms. The van der Waals surface area contributed by atoms with Gasteiger partial charge in [-0.05, 0) is 38.0 Å². The van der Waals surface area contributed by atoms with Crippen LogP contribution in [0.15, 0.2) is 18.2 Å². The summed E-state index contributed by atoms with van der Waals surface area (Å²) in [4.78, 5) is 25.5. The Hall–Kier alpha value is -2.04. The lowest BCUT2D eigenvalue weighted by Crippen LogP contribution is -2.36. The minimum Gasteiger partial charge on any atom is -0.507 e. The molecule has 1 aromatic carbocycles. The average Bonchev–Trinajstić information content (AvgIpc) is 2.86. The minimum absolute atomic E-state index is 0.0643. The third kappa shape index (κ3) is 2.92.